The maximum absolute atomic E-state index is 13.3. The lowest BCUT2D eigenvalue weighted by molar-refractivity contribution is -0.121. The summed E-state index contributed by atoms with van der Waals surface area (Å²) < 4.78 is 19.3. The summed E-state index contributed by atoms with van der Waals surface area (Å²) in [6.07, 6.45) is 4.22. The molecular formula is C23H29ClFN3O2. The van der Waals surface area contributed by atoms with E-state index in [2.05, 4.69) is 15.2 Å². The molecule has 1 fully saturated rings. The summed E-state index contributed by atoms with van der Waals surface area (Å²) >= 11 is 5.87. The van der Waals surface area contributed by atoms with Crippen molar-refractivity contribution in [1.82, 2.24) is 15.2 Å². The summed E-state index contributed by atoms with van der Waals surface area (Å²) in [6, 6.07) is 8.68. The summed E-state index contributed by atoms with van der Waals surface area (Å²) in [4.78, 5) is 18.4. The second-order valence-corrected chi connectivity index (χ2v) is 8.63. The van der Waals surface area contributed by atoms with Crippen LogP contribution in [0.1, 0.15) is 44.2 Å². The lowest BCUT2D eigenvalue weighted by Crippen LogP contribution is -2.37. The van der Waals surface area contributed by atoms with Gasteiger partial charge < -0.3 is 10.1 Å². The number of halogens is 2. The second kappa shape index (κ2) is 10.7. The first-order valence-corrected chi connectivity index (χ1v) is 10.8. The quantitative estimate of drug-likeness (QED) is 0.662. The average Bonchev–Trinajstić information content (AvgIpc) is 2.71. The Kier molecular flexibility index (Phi) is 8.05. The number of ether oxygens (including phenoxy) is 1. The number of amides is 1. The molecule has 1 aliphatic heterocycles. The van der Waals surface area contributed by atoms with Gasteiger partial charge in [0.05, 0.1) is 5.02 Å². The molecule has 1 aromatic heterocycles. The van der Waals surface area contributed by atoms with E-state index in [-0.39, 0.29) is 22.9 Å². The van der Waals surface area contributed by atoms with Gasteiger partial charge >= 0.3 is 0 Å². The Hall–Kier alpha value is -2.18. The lowest BCUT2D eigenvalue weighted by atomic mass is 10.1. The highest BCUT2D eigenvalue weighted by Crippen LogP contribution is 2.21. The maximum Gasteiger partial charge on any atom is 0.220 e. The van der Waals surface area contributed by atoms with Crippen molar-refractivity contribution in [3.63, 3.8) is 0 Å². The van der Waals surface area contributed by atoms with Crippen molar-refractivity contribution in [1.29, 1.82) is 0 Å². The Morgan fingerprint density at radius 3 is 2.63 bits per heavy atom. The number of rotatable bonds is 8. The molecule has 2 aromatic rings. The Morgan fingerprint density at radius 1 is 1.27 bits per heavy atom. The standard InChI is InChI=1S/C23H29ClFN3O2/c1-16(2)11-22(29)26-13-18-4-6-23(27-14-18)30-19-7-9-28(10-8-19)15-17-3-5-21(25)20(24)12-17/h3-6,12,14,16,19H,7-11,13,15H2,1-2H3,(H,26,29). The molecule has 2 heterocycles. The molecule has 5 nitrogen and oxygen atoms in total. The predicted molar refractivity (Wildman–Crippen MR) is 116 cm³/mol. The Balaban J connectivity index is 1.41. The molecule has 7 heteroatoms. The molecule has 0 bridgehead atoms. The number of nitrogens with one attached hydrogen (secondary N) is 1. The van der Waals surface area contributed by atoms with E-state index in [1.54, 1.807) is 18.3 Å². The number of hydrogen-bond acceptors (Lipinski definition) is 4. The molecule has 0 radical (unpaired) electrons. The van der Waals surface area contributed by atoms with E-state index in [1.807, 2.05) is 26.0 Å². The van der Waals surface area contributed by atoms with Crippen LogP contribution in [0.2, 0.25) is 5.02 Å². The molecule has 0 aliphatic carbocycles. The van der Waals surface area contributed by atoms with Gasteiger partial charge in [-0.2, -0.15) is 0 Å². The molecule has 30 heavy (non-hydrogen) atoms. The van der Waals surface area contributed by atoms with Gasteiger partial charge in [0.15, 0.2) is 0 Å². The number of nitrogens with zero attached hydrogens (tertiary/aromatic N) is 2. The van der Waals surface area contributed by atoms with Gasteiger partial charge in [0.2, 0.25) is 11.8 Å². The van der Waals surface area contributed by atoms with Crippen LogP contribution >= 0.6 is 11.6 Å². The molecule has 1 saturated heterocycles. The summed E-state index contributed by atoms with van der Waals surface area (Å²) in [7, 11) is 0. The first kappa shape index (κ1) is 22.5. The van der Waals surface area contributed by atoms with Crippen LogP contribution in [0.25, 0.3) is 0 Å². The number of piperidine rings is 1. The monoisotopic (exact) mass is 433 g/mol. The van der Waals surface area contributed by atoms with Crippen LogP contribution in [0.15, 0.2) is 36.5 Å². The number of carbonyl (C=O) groups is 1. The predicted octanol–water partition coefficient (Wildman–Crippen LogP) is 4.58. The van der Waals surface area contributed by atoms with E-state index >= 15 is 0 Å². The van der Waals surface area contributed by atoms with Crippen molar-refractivity contribution >= 4 is 17.5 Å². The fourth-order valence-corrected chi connectivity index (χ4v) is 3.68. The van der Waals surface area contributed by atoms with Crippen LogP contribution in [0, 0.1) is 11.7 Å². The molecule has 1 amide bonds. The fraction of sp³-hybridized carbons (Fsp3) is 0.478. The van der Waals surface area contributed by atoms with Crippen molar-refractivity contribution < 1.29 is 13.9 Å². The van der Waals surface area contributed by atoms with Crippen molar-refractivity contribution in [3.8, 4) is 5.88 Å². The van der Waals surface area contributed by atoms with Gasteiger partial charge in [0.1, 0.15) is 11.9 Å². The van der Waals surface area contributed by atoms with Crippen LogP contribution in [-0.4, -0.2) is 35.0 Å². The molecular weight excluding hydrogens is 405 g/mol. The van der Waals surface area contributed by atoms with Crippen LogP contribution < -0.4 is 10.1 Å². The van der Waals surface area contributed by atoms with Gasteiger partial charge in [-0.3, -0.25) is 9.69 Å². The normalized spacial score (nSPS) is 15.4. The van der Waals surface area contributed by atoms with Crippen LogP contribution in [0.5, 0.6) is 5.88 Å². The SMILES string of the molecule is CC(C)CC(=O)NCc1ccc(OC2CCN(Cc3ccc(F)c(Cl)c3)CC2)nc1. The molecule has 0 unspecified atom stereocenters. The first-order chi connectivity index (χ1) is 14.4. The number of pyridine rings is 1. The molecule has 1 aliphatic rings. The van der Waals surface area contributed by atoms with E-state index in [4.69, 9.17) is 16.3 Å². The molecule has 162 valence electrons. The average molecular weight is 434 g/mol. The minimum Gasteiger partial charge on any atom is -0.474 e. The summed E-state index contributed by atoms with van der Waals surface area (Å²) in [5, 5.41) is 3.07. The maximum atomic E-state index is 13.3. The Bertz CT molecular complexity index is 837. The Labute approximate surface area is 182 Å². The van der Waals surface area contributed by atoms with E-state index < -0.39 is 0 Å². The van der Waals surface area contributed by atoms with E-state index in [0.717, 1.165) is 43.6 Å². The van der Waals surface area contributed by atoms with Gasteiger partial charge in [-0.05, 0) is 42.0 Å². The van der Waals surface area contributed by atoms with E-state index in [9.17, 15) is 9.18 Å². The number of carbonyl (C=O) groups excluding carboxylic acids is 1. The minimum absolute atomic E-state index is 0.0556. The summed E-state index contributed by atoms with van der Waals surface area (Å²) in [5.41, 5.74) is 1.96. The molecule has 1 N–H and O–H groups in total. The smallest absolute Gasteiger partial charge is 0.220 e. The highest BCUT2D eigenvalue weighted by atomic mass is 35.5. The van der Waals surface area contributed by atoms with Crippen molar-refractivity contribution in [2.75, 3.05) is 13.1 Å². The van der Waals surface area contributed by atoms with Crippen molar-refractivity contribution in [2.45, 2.75) is 52.3 Å². The third-order valence-electron chi connectivity index (χ3n) is 5.09. The highest BCUT2D eigenvalue weighted by molar-refractivity contribution is 6.30. The molecule has 1 aromatic carbocycles. The first-order valence-electron chi connectivity index (χ1n) is 10.4. The third-order valence-corrected chi connectivity index (χ3v) is 5.38. The van der Waals surface area contributed by atoms with Gasteiger partial charge in [0.25, 0.3) is 0 Å². The minimum atomic E-state index is -0.385. The number of likely N-dealkylation sites (tertiary alicyclic amines) is 1. The highest BCUT2D eigenvalue weighted by Gasteiger charge is 2.21. The zero-order valence-electron chi connectivity index (χ0n) is 17.5. The second-order valence-electron chi connectivity index (χ2n) is 8.22. The molecule has 0 atom stereocenters. The fourth-order valence-electron chi connectivity index (χ4n) is 3.48. The van der Waals surface area contributed by atoms with Crippen molar-refractivity contribution in [2.24, 2.45) is 5.92 Å². The lowest BCUT2D eigenvalue weighted by Gasteiger charge is -2.32. The summed E-state index contributed by atoms with van der Waals surface area (Å²) in [6.45, 7) is 7.08. The van der Waals surface area contributed by atoms with Gasteiger partial charge in [-0.15, -0.1) is 0 Å². The largest absolute Gasteiger partial charge is 0.474 e. The topological polar surface area (TPSA) is 54.5 Å². The van der Waals surface area contributed by atoms with E-state index in [0.29, 0.717) is 24.8 Å². The van der Waals surface area contributed by atoms with E-state index in [1.165, 1.54) is 6.07 Å². The summed E-state index contributed by atoms with van der Waals surface area (Å²) in [5.74, 6) is 0.624. The van der Waals surface area contributed by atoms with Gasteiger partial charge in [-0.1, -0.05) is 37.6 Å². The molecule has 0 spiro atoms. The Morgan fingerprint density at radius 2 is 2.00 bits per heavy atom. The molecule has 3 rings (SSSR count). The number of hydrogen-bond donors (Lipinski definition) is 1. The van der Waals surface area contributed by atoms with Crippen molar-refractivity contribution in [3.05, 3.63) is 58.5 Å². The van der Waals surface area contributed by atoms with Crippen LogP contribution in [0.4, 0.5) is 4.39 Å². The van der Waals surface area contributed by atoms with Gasteiger partial charge in [0, 0.05) is 44.9 Å². The third kappa shape index (κ3) is 6.96. The number of benzene rings is 1. The number of aromatic nitrogens is 1. The molecule has 0 saturated carbocycles. The van der Waals surface area contributed by atoms with Crippen LogP contribution in [-0.2, 0) is 17.9 Å². The zero-order chi connectivity index (χ0) is 21.5. The van der Waals surface area contributed by atoms with Crippen LogP contribution in [0.3, 0.4) is 0 Å². The zero-order valence-corrected chi connectivity index (χ0v) is 18.3. The van der Waals surface area contributed by atoms with Gasteiger partial charge in [-0.25, -0.2) is 9.37 Å².